The summed E-state index contributed by atoms with van der Waals surface area (Å²) in [7, 11) is 2.15. The molecule has 8 nitrogen and oxygen atoms in total. The summed E-state index contributed by atoms with van der Waals surface area (Å²) < 4.78 is 0. The molecule has 0 bridgehead atoms. The molecule has 2 aliphatic rings. The molecule has 1 fully saturated rings. The molecule has 1 atom stereocenters. The molecule has 1 saturated heterocycles. The number of piperidine rings is 1. The van der Waals surface area contributed by atoms with Gasteiger partial charge >= 0.3 is 0 Å². The SMILES string of the molecule is CCN1c2nc(NC3CCN(C)CC3)ncc2C=C(c2ccc(-c3nccnc3C)cc2Cl)C1O. The van der Waals surface area contributed by atoms with Crippen LogP contribution in [0.5, 0.6) is 0 Å². The third-order valence-electron chi connectivity index (χ3n) is 6.78. The second-order valence-corrected chi connectivity index (χ2v) is 9.55. The normalized spacial score (nSPS) is 18.8. The minimum Gasteiger partial charge on any atom is -0.369 e. The number of aliphatic hydroxyl groups excluding tert-OH is 1. The molecule has 35 heavy (non-hydrogen) atoms. The second-order valence-electron chi connectivity index (χ2n) is 9.14. The first-order valence-electron chi connectivity index (χ1n) is 12.0. The number of nitrogens with zero attached hydrogens (tertiary/aromatic N) is 6. The number of likely N-dealkylation sites (tertiary alicyclic amines) is 1. The summed E-state index contributed by atoms with van der Waals surface area (Å²) in [4.78, 5) is 22.3. The Morgan fingerprint density at radius 1 is 1.14 bits per heavy atom. The molecule has 0 spiro atoms. The van der Waals surface area contributed by atoms with Crippen molar-refractivity contribution < 1.29 is 5.11 Å². The van der Waals surface area contributed by atoms with Gasteiger partial charge in [-0.15, -0.1) is 0 Å². The van der Waals surface area contributed by atoms with Crippen LogP contribution < -0.4 is 10.2 Å². The first-order chi connectivity index (χ1) is 16.9. The smallest absolute Gasteiger partial charge is 0.224 e. The van der Waals surface area contributed by atoms with Crippen LogP contribution in [0, 0.1) is 6.92 Å². The fraction of sp³-hybridized carbons (Fsp3) is 0.385. The number of rotatable bonds is 5. The molecule has 1 unspecified atom stereocenters. The number of hydrogen-bond acceptors (Lipinski definition) is 8. The molecule has 1 aromatic carbocycles. The number of aryl methyl sites for hydroxylation is 1. The second kappa shape index (κ2) is 9.89. The van der Waals surface area contributed by atoms with E-state index >= 15 is 0 Å². The van der Waals surface area contributed by atoms with Gasteiger partial charge in [0.05, 0.1) is 11.4 Å². The van der Waals surface area contributed by atoms with Gasteiger partial charge in [0.15, 0.2) is 6.23 Å². The molecule has 5 rings (SSSR count). The predicted molar refractivity (Wildman–Crippen MR) is 140 cm³/mol. The first-order valence-corrected chi connectivity index (χ1v) is 12.4. The molecular formula is C26H30ClN7O. The Balaban J connectivity index is 1.45. The van der Waals surface area contributed by atoms with Crippen molar-refractivity contribution in [3.63, 3.8) is 0 Å². The standard InChI is InChI=1S/C26H30ClN7O/c1-4-34-24-18(15-30-26(32-24)31-19-7-11-33(3)12-8-19)13-21(25(34)35)20-6-5-17(14-22(20)27)23-16(2)28-9-10-29-23/h5-6,9-10,13-15,19,25,35H,4,7-8,11-12H2,1-3H3,(H,30,31,32). The van der Waals surface area contributed by atoms with Crippen molar-refractivity contribution in [2.75, 3.05) is 36.9 Å². The maximum absolute atomic E-state index is 11.3. The van der Waals surface area contributed by atoms with Crippen molar-refractivity contribution in [3.8, 4) is 11.3 Å². The van der Waals surface area contributed by atoms with E-state index in [4.69, 9.17) is 16.6 Å². The molecular weight excluding hydrogens is 462 g/mol. The number of fused-ring (bicyclic) bond motifs is 1. The maximum atomic E-state index is 11.3. The van der Waals surface area contributed by atoms with Crippen LogP contribution in [-0.4, -0.2) is 68.9 Å². The van der Waals surface area contributed by atoms with Crippen molar-refractivity contribution in [2.45, 2.75) is 39.0 Å². The van der Waals surface area contributed by atoms with Crippen molar-refractivity contribution in [1.82, 2.24) is 24.8 Å². The van der Waals surface area contributed by atoms with E-state index in [1.54, 1.807) is 12.4 Å². The lowest BCUT2D eigenvalue weighted by Crippen LogP contribution is -2.40. The van der Waals surface area contributed by atoms with Gasteiger partial charge in [0.1, 0.15) is 5.82 Å². The Morgan fingerprint density at radius 3 is 2.63 bits per heavy atom. The van der Waals surface area contributed by atoms with Crippen molar-refractivity contribution in [3.05, 3.63) is 58.6 Å². The van der Waals surface area contributed by atoms with Crippen LogP contribution >= 0.6 is 11.6 Å². The van der Waals surface area contributed by atoms with Gasteiger partial charge in [0.25, 0.3) is 0 Å². The van der Waals surface area contributed by atoms with Crippen molar-refractivity contribution in [1.29, 1.82) is 0 Å². The van der Waals surface area contributed by atoms with E-state index in [-0.39, 0.29) is 0 Å². The van der Waals surface area contributed by atoms with Gasteiger partial charge in [-0.05, 0) is 59.0 Å². The van der Waals surface area contributed by atoms with E-state index in [0.29, 0.717) is 29.1 Å². The van der Waals surface area contributed by atoms with E-state index < -0.39 is 6.23 Å². The van der Waals surface area contributed by atoms with Gasteiger partial charge in [-0.25, -0.2) is 4.98 Å². The molecule has 3 aromatic rings. The summed E-state index contributed by atoms with van der Waals surface area (Å²) in [5.74, 6) is 1.32. The molecule has 0 radical (unpaired) electrons. The van der Waals surface area contributed by atoms with Crippen LogP contribution in [0.15, 0.2) is 36.8 Å². The Bertz CT molecular complexity index is 1260. The minimum absolute atomic E-state index is 0.356. The van der Waals surface area contributed by atoms with Crippen LogP contribution in [0.1, 0.15) is 36.6 Å². The Hall–Kier alpha value is -3.07. The number of hydrogen-bond donors (Lipinski definition) is 2. The van der Waals surface area contributed by atoms with Gasteiger partial charge in [-0.1, -0.05) is 23.7 Å². The van der Waals surface area contributed by atoms with Gasteiger partial charge < -0.3 is 20.2 Å². The highest BCUT2D eigenvalue weighted by atomic mass is 35.5. The van der Waals surface area contributed by atoms with Gasteiger partial charge in [0, 0.05) is 58.5 Å². The molecule has 0 saturated carbocycles. The van der Waals surface area contributed by atoms with E-state index in [2.05, 4.69) is 32.2 Å². The molecule has 182 valence electrons. The number of aliphatic hydroxyl groups is 1. The van der Waals surface area contributed by atoms with Gasteiger partial charge in [0.2, 0.25) is 5.95 Å². The first kappa shape index (κ1) is 23.7. The number of anilines is 2. The molecule has 9 heteroatoms. The van der Waals surface area contributed by atoms with E-state index in [1.807, 2.05) is 49.2 Å². The number of nitrogens with one attached hydrogen (secondary N) is 1. The van der Waals surface area contributed by atoms with Crippen molar-refractivity contribution in [2.24, 2.45) is 0 Å². The Labute approximate surface area is 210 Å². The molecule has 4 heterocycles. The zero-order chi connectivity index (χ0) is 24.5. The molecule has 2 N–H and O–H groups in total. The topological polar surface area (TPSA) is 90.3 Å². The number of benzene rings is 1. The van der Waals surface area contributed by atoms with E-state index in [1.165, 1.54) is 0 Å². The molecule has 0 aliphatic carbocycles. The van der Waals surface area contributed by atoms with Crippen molar-refractivity contribution >= 4 is 35.0 Å². The van der Waals surface area contributed by atoms with Crippen LogP contribution in [-0.2, 0) is 0 Å². The summed E-state index contributed by atoms with van der Waals surface area (Å²) in [6, 6.07) is 6.12. The highest BCUT2D eigenvalue weighted by Crippen LogP contribution is 2.38. The fourth-order valence-electron chi connectivity index (χ4n) is 4.77. The van der Waals surface area contributed by atoms with E-state index in [0.717, 1.165) is 59.8 Å². The Kier molecular flexibility index (Phi) is 6.69. The van der Waals surface area contributed by atoms with Crippen LogP contribution in [0.4, 0.5) is 11.8 Å². The summed E-state index contributed by atoms with van der Waals surface area (Å²) >= 11 is 6.73. The fourth-order valence-corrected chi connectivity index (χ4v) is 5.06. The summed E-state index contributed by atoms with van der Waals surface area (Å²) in [5, 5.41) is 15.3. The highest BCUT2D eigenvalue weighted by molar-refractivity contribution is 6.33. The highest BCUT2D eigenvalue weighted by Gasteiger charge is 2.30. The molecule has 0 amide bonds. The quantitative estimate of drug-likeness (QED) is 0.551. The predicted octanol–water partition coefficient (Wildman–Crippen LogP) is 4.10. The maximum Gasteiger partial charge on any atom is 0.224 e. The third-order valence-corrected chi connectivity index (χ3v) is 7.09. The van der Waals surface area contributed by atoms with E-state index in [9.17, 15) is 5.11 Å². The van der Waals surface area contributed by atoms with Crippen LogP contribution in [0.25, 0.3) is 22.9 Å². The lowest BCUT2D eigenvalue weighted by molar-refractivity contribution is 0.225. The largest absolute Gasteiger partial charge is 0.369 e. The Morgan fingerprint density at radius 2 is 1.91 bits per heavy atom. The summed E-state index contributed by atoms with van der Waals surface area (Å²) in [6.45, 7) is 6.63. The average Bonchev–Trinajstić information content (AvgIpc) is 2.86. The molecule has 2 aromatic heterocycles. The lowest BCUT2D eigenvalue weighted by atomic mass is 9.96. The summed E-state index contributed by atoms with van der Waals surface area (Å²) in [5.41, 5.74) is 4.84. The zero-order valence-corrected chi connectivity index (χ0v) is 21.0. The van der Waals surface area contributed by atoms with Crippen LogP contribution in [0.3, 0.4) is 0 Å². The zero-order valence-electron chi connectivity index (χ0n) is 20.2. The lowest BCUT2D eigenvalue weighted by Gasteiger charge is -2.35. The average molecular weight is 492 g/mol. The number of halogens is 1. The van der Waals surface area contributed by atoms with Gasteiger partial charge in [-0.2, -0.15) is 4.98 Å². The monoisotopic (exact) mass is 491 g/mol. The minimum atomic E-state index is -0.875. The number of aromatic nitrogens is 4. The molecule has 2 aliphatic heterocycles. The van der Waals surface area contributed by atoms with Crippen LogP contribution in [0.2, 0.25) is 5.02 Å². The summed E-state index contributed by atoms with van der Waals surface area (Å²) in [6.07, 6.45) is 8.34. The van der Waals surface area contributed by atoms with Gasteiger partial charge in [-0.3, -0.25) is 9.97 Å². The number of likely N-dealkylation sites (N-methyl/N-ethyl adjacent to an activating group) is 1. The third kappa shape index (κ3) is 4.74.